The van der Waals surface area contributed by atoms with Crippen molar-refractivity contribution >= 4 is 11.6 Å². The van der Waals surface area contributed by atoms with E-state index in [0.29, 0.717) is 30.0 Å². The quantitative estimate of drug-likeness (QED) is 0.553. The van der Waals surface area contributed by atoms with Gasteiger partial charge in [-0.05, 0) is 18.2 Å². The fraction of sp³-hybridized carbons (Fsp3) is 0.417. The molecule has 1 aromatic rings. The number of hydrogen-bond acceptors (Lipinski definition) is 5. The zero-order valence-electron chi connectivity index (χ0n) is 10.5. The molecule has 0 bridgehead atoms. The number of carbonyl (C=O) groups is 1. The minimum Gasteiger partial charge on any atom is -0.491 e. The van der Waals surface area contributed by atoms with Crippen LogP contribution in [0, 0.1) is 0 Å². The highest BCUT2D eigenvalue weighted by Gasteiger charge is 2.08. The third kappa shape index (κ3) is 3.90. The van der Waals surface area contributed by atoms with Gasteiger partial charge in [0.2, 0.25) is 5.91 Å². The van der Waals surface area contributed by atoms with Crippen molar-refractivity contribution < 1.29 is 19.0 Å². The Morgan fingerprint density at radius 2 is 2.00 bits per heavy atom. The Bertz CT molecular complexity index is 405. The van der Waals surface area contributed by atoms with Gasteiger partial charge >= 0.3 is 0 Å². The van der Waals surface area contributed by atoms with Crippen LogP contribution in [-0.2, 0) is 9.47 Å². The fourth-order valence-electron chi connectivity index (χ4n) is 1.41. The van der Waals surface area contributed by atoms with Crippen LogP contribution >= 0.6 is 0 Å². The van der Waals surface area contributed by atoms with Crippen molar-refractivity contribution in [2.45, 2.75) is 12.7 Å². The first kappa shape index (κ1) is 14.3. The molecule has 0 aliphatic heterocycles. The molecule has 1 amide bonds. The van der Waals surface area contributed by atoms with E-state index in [0.717, 1.165) is 0 Å². The molecule has 0 unspecified atom stereocenters. The average Bonchev–Trinajstić information content (AvgIpc) is 2.36. The van der Waals surface area contributed by atoms with Crippen LogP contribution in [0.3, 0.4) is 0 Å². The van der Waals surface area contributed by atoms with Gasteiger partial charge in [-0.2, -0.15) is 0 Å². The van der Waals surface area contributed by atoms with E-state index < -0.39 is 5.91 Å². The number of hydrogen-bond donors (Lipinski definition) is 2. The summed E-state index contributed by atoms with van der Waals surface area (Å²) in [5.74, 6) is -0.0937. The summed E-state index contributed by atoms with van der Waals surface area (Å²) in [6, 6.07) is 4.66. The highest BCUT2D eigenvalue weighted by atomic mass is 16.7. The van der Waals surface area contributed by atoms with Gasteiger partial charge in [-0.3, -0.25) is 4.79 Å². The van der Waals surface area contributed by atoms with Gasteiger partial charge in [0.15, 0.2) is 6.29 Å². The smallest absolute Gasteiger partial charge is 0.248 e. The second kappa shape index (κ2) is 6.83. The molecule has 6 heteroatoms. The van der Waals surface area contributed by atoms with E-state index in [1.807, 2.05) is 0 Å². The maximum Gasteiger partial charge on any atom is 0.248 e. The lowest BCUT2D eigenvalue weighted by atomic mass is 10.2. The third-order valence-corrected chi connectivity index (χ3v) is 2.43. The predicted molar refractivity (Wildman–Crippen MR) is 67.3 cm³/mol. The van der Waals surface area contributed by atoms with Crippen LogP contribution in [0.25, 0.3) is 0 Å². The molecule has 0 aliphatic carbocycles. The van der Waals surface area contributed by atoms with Gasteiger partial charge in [-0.25, -0.2) is 0 Å². The number of anilines is 1. The van der Waals surface area contributed by atoms with Crippen LogP contribution in [0.15, 0.2) is 18.2 Å². The minimum atomic E-state index is -0.522. The lowest BCUT2D eigenvalue weighted by molar-refractivity contribution is -0.110. The zero-order valence-corrected chi connectivity index (χ0v) is 10.5. The van der Waals surface area contributed by atoms with Crippen molar-refractivity contribution in [2.75, 3.05) is 26.6 Å². The van der Waals surface area contributed by atoms with E-state index in [1.165, 1.54) is 6.07 Å². The van der Waals surface area contributed by atoms with Gasteiger partial charge in [-0.1, -0.05) is 0 Å². The summed E-state index contributed by atoms with van der Waals surface area (Å²) in [5.41, 5.74) is 11.7. The summed E-state index contributed by atoms with van der Waals surface area (Å²) >= 11 is 0. The number of methoxy groups -OCH3 is 2. The summed E-state index contributed by atoms with van der Waals surface area (Å²) in [6.07, 6.45) is 0.221. The van der Waals surface area contributed by atoms with Crippen LogP contribution in [0.1, 0.15) is 16.8 Å². The molecule has 0 saturated heterocycles. The summed E-state index contributed by atoms with van der Waals surface area (Å²) < 4.78 is 15.5. The third-order valence-electron chi connectivity index (χ3n) is 2.43. The second-order valence-electron chi connectivity index (χ2n) is 3.65. The van der Waals surface area contributed by atoms with E-state index >= 15 is 0 Å². The summed E-state index contributed by atoms with van der Waals surface area (Å²) in [4.78, 5) is 11.0. The van der Waals surface area contributed by atoms with E-state index in [4.69, 9.17) is 25.7 Å². The number of nitrogens with two attached hydrogens (primary N) is 2. The summed E-state index contributed by atoms with van der Waals surface area (Å²) in [5, 5.41) is 0. The molecule has 0 spiro atoms. The second-order valence-corrected chi connectivity index (χ2v) is 3.65. The number of carbonyl (C=O) groups excluding carboxylic acids is 1. The maximum absolute atomic E-state index is 11.0. The van der Waals surface area contributed by atoms with E-state index in [-0.39, 0.29) is 6.29 Å². The van der Waals surface area contributed by atoms with Crippen LogP contribution in [0.2, 0.25) is 0 Å². The number of nitrogen functional groups attached to an aromatic ring is 1. The first-order valence-electron chi connectivity index (χ1n) is 5.46. The molecule has 6 nitrogen and oxygen atoms in total. The largest absolute Gasteiger partial charge is 0.491 e. The molecular weight excluding hydrogens is 236 g/mol. The standard InChI is InChI=1S/C12H18N2O4/c1-16-11(17-2)5-6-18-10-7-8(12(14)15)3-4-9(10)13/h3-4,7,11H,5-6,13H2,1-2H3,(H2,14,15). The number of benzene rings is 1. The number of ether oxygens (including phenoxy) is 3. The topological polar surface area (TPSA) is 96.8 Å². The Labute approximate surface area is 106 Å². The Balaban J connectivity index is 2.61. The van der Waals surface area contributed by atoms with E-state index in [2.05, 4.69) is 0 Å². The van der Waals surface area contributed by atoms with Gasteiger partial charge < -0.3 is 25.7 Å². The van der Waals surface area contributed by atoms with Gasteiger partial charge in [0.05, 0.1) is 12.3 Å². The zero-order chi connectivity index (χ0) is 13.5. The van der Waals surface area contributed by atoms with Gasteiger partial charge in [0.25, 0.3) is 0 Å². The van der Waals surface area contributed by atoms with Gasteiger partial charge in [0.1, 0.15) is 5.75 Å². The van der Waals surface area contributed by atoms with E-state index in [9.17, 15) is 4.79 Å². The van der Waals surface area contributed by atoms with Gasteiger partial charge in [0, 0.05) is 26.2 Å². The molecule has 0 aliphatic rings. The predicted octanol–water partition coefficient (Wildman–Crippen LogP) is 0.755. The molecule has 0 aromatic heterocycles. The van der Waals surface area contributed by atoms with Crippen LogP contribution in [0.4, 0.5) is 5.69 Å². The van der Waals surface area contributed by atoms with Crippen LogP contribution < -0.4 is 16.2 Å². The first-order chi connectivity index (χ1) is 8.58. The van der Waals surface area contributed by atoms with Crippen molar-refractivity contribution in [1.29, 1.82) is 0 Å². The Morgan fingerprint density at radius 3 is 2.56 bits per heavy atom. The van der Waals surface area contributed by atoms with Crippen molar-refractivity contribution in [3.8, 4) is 5.75 Å². The lowest BCUT2D eigenvalue weighted by Crippen LogP contribution is -2.17. The van der Waals surface area contributed by atoms with Crippen LogP contribution in [-0.4, -0.2) is 33.0 Å². The Hall–Kier alpha value is -1.79. The molecule has 18 heavy (non-hydrogen) atoms. The molecule has 4 N–H and O–H groups in total. The van der Waals surface area contributed by atoms with Crippen molar-refractivity contribution in [3.63, 3.8) is 0 Å². The monoisotopic (exact) mass is 254 g/mol. The number of rotatable bonds is 7. The molecule has 1 rings (SSSR count). The minimum absolute atomic E-state index is 0.328. The molecule has 0 saturated carbocycles. The van der Waals surface area contributed by atoms with Crippen molar-refractivity contribution in [2.24, 2.45) is 5.73 Å². The maximum atomic E-state index is 11.0. The molecule has 100 valence electrons. The Morgan fingerprint density at radius 1 is 1.33 bits per heavy atom. The fourth-order valence-corrected chi connectivity index (χ4v) is 1.41. The Kier molecular flexibility index (Phi) is 5.41. The van der Waals surface area contributed by atoms with Crippen molar-refractivity contribution in [1.82, 2.24) is 0 Å². The molecule has 1 aromatic carbocycles. The number of primary amides is 1. The average molecular weight is 254 g/mol. The van der Waals surface area contributed by atoms with Gasteiger partial charge in [-0.15, -0.1) is 0 Å². The normalized spacial score (nSPS) is 10.6. The molecular formula is C12H18N2O4. The highest BCUT2D eigenvalue weighted by molar-refractivity contribution is 5.93. The van der Waals surface area contributed by atoms with Crippen LogP contribution in [0.5, 0.6) is 5.75 Å². The highest BCUT2D eigenvalue weighted by Crippen LogP contribution is 2.22. The summed E-state index contributed by atoms with van der Waals surface area (Å²) in [6.45, 7) is 0.360. The molecule has 0 atom stereocenters. The first-order valence-corrected chi connectivity index (χ1v) is 5.46. The summed E-state index contributed by atoms with van der Waals surface area (Å²) in [7, 11) is 3.10. The molecule has 0 heterocycles. The molecule has 0 fully saturated rings. The molecule has 0 radical (unpaired) electrons. The number of amides is 1. The lowest BCUT2D eigenvalue weighted by Gasteiger charge is -2.14. The van der Waals surface area contributed by atoms with Crippen molar-refractivity contribution in [3.05, 3.63) is 23.8 Å². The van der Waals surface area contributed by atoms with E-state index in [1.54, 1.807) is 26.4 Å². The SMILES string of the molecule is COC(CCOc1cc(C(N)=O)ccc1N)OC.